The molecule has 1 aliphatic carbocycles. The lowest BCUT2D eigenvalue weighted by Crippen LogP contribution is -2.44. The van der Waals surface area contributed by atoms with Crippen LogP contribution >= 0.6 is 15.9 Å². The van der Waals surface area contributed by atoms with Gasteiger partial charge < -0.3 is 15.6 Å². The van der Waals surface area contributed by atoms with E-state index in [-0.39, 0.29) is 11.9 Å². The molecule has 1 fully saturated rings. The lowest BCUT2D eigenvalue weighted by atomic mass is 9.78. The van der Waals surface area contributed by atoms with Crippen LogP contribution in [0.3, 0.4) is 0 Å². The van der Waals surface area contributed by atoms with Crippen LogP contribution in [0.4, 0.5) is 5.82 Å². The number of fused-ring (bicyclic) bond motifs is 1. The molecular formula is C15H18BrN5O. The van der Waals surface area contributed by atoms with Crippen molar-refractivity contribution in [3.05, 3.63) is 28.6 Å². The van der Waals surface area contributed by atoms with Crippen LogP contribution in [0.5, 0.6) is 0 Å². The first-order valence-electron chi connectivity index (χ1n) is 7.10. The van der Waals surface area contributed by atoms with E-state index in [1.54, 1.807) is 6.92 Å². The number of nitrogens with one attached hydrogen (secondary N) is 1. The van der Waals surface area contributed by atoms with E-state index >= 15 is 0 Å². The van der Waals surface area contributed by atoms with Gasteiger partial charge >= 0.3 is 0 Å². The number of aromatic nitrogens is 3. The van der Waals surface area contributed by atoms with E-state index in [0.29, 0.717) is 17.3 Å². The lowest BCUT2D eigenvalue weighted by Gasteiger charge is -2.36. The molecule has 0 bridgehead atoms. The second-order valence-corrected chi connectivity index (χ2v) is 6.63. The number of hydrogen-bond donors (Lipinski definition) is 2. The Morgan fingerprint density at radius 3 is 2.77 bits per heavy atom. The fraction of sp³-hybridized carbons (Fsp3) is 0.400. The number of anilines is 1. The number of carbonyl (C=O) groups excluding carboxylic acids is 1. The summed E-state index contributed by atoms with van der Waals surface area (Å²) in [7, 11) is 1.98. The van der Waals surface area contributed by atoms with Crippen LogP contribution in [0, 0.1) is 0 Å². The van der Waals surface area contributed by atoms with Crippen LogP contribution in [-0.4, -0.2) is 26.5 Å². The first kappa shape index (κ1) is 15.0. The summed E-state index contributed by atoms with van der Waals surface area (Å²) >= 11 is 3.64. The Balaban J connectivity index is 1.83. The largest absolute Gasteiger partial charge is 0.383 e. The Labute approximate surface area is 136 Å². The number of nitrogens with two attached hydrogens (primary N) is 1. The number of aryl methyl sites for hydroxylation is 1. The van der Waals surface area contributed by atoms with Crippen molar-refractivity contribution in [1.29, 1.82) is 0 Å². The van der Waals surface area contributed by atoms with Gasteiger partial charge in [-0.3, -0.25) is 4.79 Å². The molecule has 1 amide bonds. The first-order chi connectivity index (χ1) is 10.4. The van der Waals surface area contributed by atoms with Gasteiger partial charge in [-0.05, 0) is 35.7 Å². The van der Waals surface area contributed by atoms with E-state index in [2.05, 4.69) is 42.4 Å². The molecular weight excluding hydrogens is 346 g/mol. The van der Waals surface area contributed by atoms with Crippen LogP contribution in [-0.2, 0) is 11.8 Å². The second-order valence-electron chi connectivity index (χ2n) is 5.83. The van der Waals surface area contributed by atoms with E-state index in [4.69, 9.17) is 5.73 Å². The van der Waals surface area contributed by atoms with Crippen LogP contribution in [0.25, 0.3) is 11.0 Å². The average molecular weight is 364 g/mol. The highest BCUT2D eigenvalue weighted by molar-refractivity contribution is 9.10. The second kappa shape index (κ2) is 5.39. The van der Waals surface area contributed by atoms with Crippen molar-refractivity contribution in [2.75, 3.05) is 5.73 Å². The Morgan fingerprint density at radius 1 is 1.50 bits per heavy atom. The molecule has 0 aliphatic heterocycles. The van der Waals surface area contributed by atoms with E-state index in [0.717, 1.165) is 34.0 Å². The predicted octanol–water partition coefficient (Wildman–Crippen LogP) is 2.25. The highest BCUT2D eigenvalue weighted by atomic mass is 79.9. The highest BCUT2D eigenvalue weighted by Gasteiger charge is 2.35. The van der Waals surface area contributed by atoms with E-state index in [1.807, 2.05) is 7.05 Å². The number of rotatable bonds is 3. The summed E-state index contributed by atoms with van der Waals surface area (Å²) < 4.78 is 3.01. The normalized spacial score (nSPS) is 20.7. The molecule has 1 aliphatic rings. The zero-order chi connectivity index (χ0) is 16.0. The maximum Gasteiger partial charge on any atom is 0.246 e. The van der Waals surface area contributed by atoms with Gasteiger partial charge in [0.2, 0.25) is 5.91 Å². The van der Waals surface area contributed by atoms with E-state index in [9.17, 15) is 4.79 Å². The minimum absolute atomic E-state index is 0.0744. The third-order valence-electron chi connectivity index (χ3n) is 4.23. The van der Waals surface area contributed by atoms with Gasteiger partial charge in [-0.2, -0.15) is 0 Å². The number of nitrogen functional groups attached to an aromatic ring is 1. The van der Waals surface area contributed by atoms with Gasteiger partial charge in [-0.1, -0.05) is 6.58 Å². The summed E-state index contributed by atoms with van der Waals surface area (Å²) in [6.07, 6.45) is 3.27. The minimum Gasteiger partial charge on any atom is -0.383 e. The maximum absolute atomic E-state index is 11.6. The Kier molecular flexibility index (Phi) is 3.68. The molecule has 0 spiro atoms. The van der Waals surface area contributed by atoms with Gasteiger partial charge in [-0.25, -0.2) is 9.97 Å². The number of carbonyl (C=O) groups is 1. The number of hydrogen-bond acceptors (Lipinski definition) is 4. The third kappa shape index (κ3) is 2.29. The monoisotopic (exact) mass is 363 g/mol. The van der Waals surface area contributed by atoms with Crippen LogP contribution in [0.15, 0.2) is 23.0 Å². The van der Waals surface area contributed by atoms with Crippen molar-refractivity contribution in [1.82, 2.24) is 19.9 Å². The van der Waals surface area contributed by atoms with Gasteiger partial charge in [0.05, 0.1) is 9.86 Å². The molecule has 3 N–H and O–H groups in total. The average Bonchev–Trinajstić information content (AvgIpc) is 2.67. The summed E-state index contributed by atoms with van der Waals surface area (Å²) in [4.78, 5) is 20.0. The van der Waals surface area contributed by atoms with Crippen molar-refractivity contribution in [2.45, 2.75) is 31.7 Å². The van der Waals surface area contributed by atoms with Crippen LogP contribution in [0.2, 0.25) is 0 Å². The lowest BCUT2D eigenvalue weighted by molar-refractivity contribution is -0.118. The molecule has 1 saturated carbocycles. The predicted molar refractivity (Wildman–Crippen MR) is 89.3 cm³/mol. The van der Waals surface area contributed by atoms with Gasteiger partial charge in [-0.15, -0.1) is 0 Å². The Morgan fingerprint density at radius 2 is 2.18 bits per heavy atom. The van der Waals surface area contributed by atoms with E-state index in [1.165, 1.54) is 6.33 Å². The van der Waals surface area contributed by atoms with Crippen LogP contribution in [0.1, 0.15) is 31.4 Å². The topological polar surface area (TPSA) is 85.8 Å². The summed E-state index contributed by atoms with van der Waals surface area (Å²) in [5, 5.41) is 3.84. The summed E-state index contributed by atoms with van der Waals surface area (Å²) in [6, 6.07) is 0.197. The van der Waals surface area contributed by atoms with Crippen molar-refractivity contribution in [3.63, 3.8) is 0 Å². The highest BCUT2D eigenvalue weighted by Crippen LogP contribution is 2.44. The molecule has 6 nitrogen and oxygen atoms in total. The van der Waals surface area contributed by atoms with Crippen molar-refractivity contribution in [3.8, 4) is 0 Å². The zero-order valence-electron chi connectivity index (χ0n) is 12.6. The van der Waals surface area contributed by atoms with Gasteiger partial charge in [0, 0.05) is 30.3 Å². The maximum atomic E-state index is 11.6. The van der Waals surface area contributed by atoms with Crippen molar-refractivity contribution in [2.24, 2.45) is 7.05 Å². The summed E-state index contributed by atoms with van der Waals surface area (Å²) in [5.41, 5.74) is 8.48. The Hall–Kier alpha value is -1.89. The van der Waals surface area contributed by atoms with E-state index < -0.39 is 0 Å². The molecule has 2 heterocycles. The molecule has 0 atom stereocenters. The molecule has 0 unspecified atom stereocenters. The fourth-order valence-corrected chi connectivity index (χ4v) is 3.93. The standard InChI is InChI=1S/C15H18BrN5O/c1-7(2)15(22)20-9-4-8(5-9)12-11(16)10-13(17)18-6-19-14(10)21(12)3/h6,8-9H,1,4-5H2,2-3H3,(H,20,22)(H2,17,18,19)/t8-,9-. The fourth-order valence-electron chi connectivity index (χ4n) is 2.96. The third-order valence-corrected chi connectivity index (χ3v) is 5.03. The number of nitrogens with zero attached hydrogens (tertiary/aromatic N) is 3. The molecule has 2 aromatic heterocycles. The van der Waals surface area contributed by atoms with Gasteiger partial charge in [0.1, 0.15) is 17.8 Å². The zero-order valence-corrected chi connectivity index (χ0v) is 14.1. The molecule has 3 rings (SSSR count). The summed E-state index contributed by atoms with van der Waals surface area (Å²) in [5.74, 6) is 0.767. The van der Waals surface area contributed by atoms with Crippen molar-refractivity contribution >= 4 is 38.7 Å². The molecule has 0 saturated heterocycles. The first-order valence-corrected chi connectivity index (χ1v) is 7.90. The molecule has 0 radical (unpaired) electrons. The molecule has 116 valence electrons. The van der Waals surface area contributed by atoms with Gasteiger partial charge in [0.15, 0.2) is 0 Å². The smallest absolute Gasteiger partial charge is 0.246 e. The SMILES string of the molecule is C=C(C)C(=O)N[C@H]1C[C@H](c2c(Br)c3c(N)ncnc3n2C)C1. The minimum atomic E-state index is -0.0744. The van der Waals surface area contributed by atoms with Crippen molar-refractivity contribution < 1.29 is 4.79 Å². The Bertz CT molecular complexity index is 776. The summed E-state index contributed by atoms with van der Waals surface area (Å²) in [6.45, 7) is 5.37. The van der Waals surface area contributed by atoms with Gasteiger partial charge in [0.25, 0.3) is 0 Å². The number of amides is 1. The number of halogens is 1. The molecule has 7 heteroatoms. The molecule has 22 heavy (non-hydrogen) atoms. The van der Waals surface area contributed by atoms with Crippen LogP contribution < -0.4 is 11.1 Å². The quantitative estimate of drug-likeness (QED) is 0.818. The molecule has 0 aromatic carbocycles. The molecule has 2 aromatic rings.